The number of hydrogen-bond donors (Lipinski definition) is 2. The Bertz CT molecular complexity index is 832. The van der Waals surface area contributed by atoms with Gasteiger partial charge in [0, 0.05) is 18.3 Å². The Morgan fingerprint density at radius 1 is 1.24 bits per heavy atom. The van der Waals surface area contributed by atoms with Crippen LogP contribution in [-0.2, 0) is 9.53 Å². The van der Waals surface area contributed by atoms with E-state index in [1.807, 2.05) is 49.5 Å². The van der Waals surface area contributed by atoms with Crippen LogP contribution >= 0.6 is 0 Å². The van der Waals surface area contributed by atoms with Crippen molar-refractivity contribution in [1.29, 1.82) is 0 Å². The van der Waals surface area contributed by atoms with Crippen LogP contribution in [0.3, 0.4) is 0 Å². The molecule has 0 aliphatic heterocycles. The van der Waals surface area contributed by atoms with Crippen molar-refractivity contribution >= 4 is 12.4 Å². The topological polar surface area (TPSA) is 93.9 Å². The number of H-pyrrole nitrogens is 1. The highest BCUT2D eigenvalue weighted by molar-refractivity contribution is 5.57. The summed E-state index contributed by atoms with van der Waals surface area (Å²) < 4.78 is 5.36. The number of nitrogens with two attached hydrogens (primary N) is 1. The Balaban J connectivity index is 2.01. The predicted molar refractivity (Wildman–Crippen MR) is 95.7 cm³/mol. The molecule has 0 aliphatic rings. The average molecular weight is 336 g/mol. The monoisotopic (exact) mass is 336 g/mol. The van der Waals surface area contributed by atoms with Crippen molar-refractivity contribution in [3.63, 3.8) is 0 Å². The molecule has 3 aromatic rings. The molecule has 0 spiro atoms. The van der Waals surface area contributed by atoms with Gasteiger partial charge in [0.15, 0.2) is 0 Å². The number of carbonyl (C=O) groups is 1. The predicted octanol–water partition coefficient (Wildman–Crippen LogP) is 3.14. The second-order valence-corrected chi connectivity index (χ2v) is 5.71. The van der Waals surface area contributed by atoms with E-state index in [-0.39, 0.29) is 18.0 Å². The Kier molecular flexibility index (Phi) is 5.09. The molecule has 0 aliphatic carbocycles. The van der Waals surface area contributed by atoms with Crippen LogP contribution in [0.5, 0.6) is 0 Å². The van der Waals surface area contributed by atoms with E-state index in [0.717, 1.165) is 22.5 Å². The minimum absolute atomic E-state index is 0.0689. The first-order chi connectivity index (χ1) is 12.2. The summed E-state index contributed by atoms with van der Waals surface area (Å²) in [5.74, 6) is 0.157. The second-order valence-electron chi connectivity index (χ2n) is 5.71. The van der Waals surface area contributed by atoms with Crippen LogP contribution < -0.4 is 5.73 Å². The summed E-state index contributed by atoms with van der Waals surface area (Å²) in [4.78, 5) is 22.3. The minimum atomic E-state index is -0.251. The highest BCUT2D eigenvalue weighted by atomic mass is 16.5. The summed E-state index contributed by atoms with van der Waals surface area (Å²) in [5.41, 5.74) is 9.33. The van der Waals surface area contributed by atoms with E-state index in [1.165, 1.54) is 0 Å². The van der Waals surface area contributed by atoms with Gasteiger partial charge < -0.3 is 15.5 Å². The molecule has 3 rings (SSSR count). The van der Waals surface area contributed by atoms with Crippen LogP contribution in [0, 0.1) is 0 Å². The van der Waals surface area contributed by atoms with E-state index >= 15 is 0 Å². The molecule has 0 fully saturated rings. The van der Waals surface area contributed by atoms with Crippen molar-refractivity contribution in [2.75, 3.05) is 5.73 Å². The molecule has 1 aromatic carbocycles. The zero-order valence-electron chi connectivity index (χ0n) is 13.9. The van der Waals surface area contributed by atoms with E-state index in [9.17, 15) is 4.79 Å². The van der Waals surface area contributed by atoms with Crippen molar-refractivity contribution < 1.29 is 9.53 Å². The van der Waals surface area contributed by atoms with Crippen molar-refractivity contribution in [1.82, 2.24) is 15.0 Å². The maximum atomic E-state index is 10.9. The lowest BCUT2D eigenvalue weighted by Crippen LogP contribution is -2.22. The maximum Gasteiger partial charge on any atom is 0.293 e. The fraction of sp³-hybridized carbons (Fsp3) is 0.211. The molecule has 0 radical (unpaired) electrons. The lowest BCUT2D eigenvalue weighted by Gasteiger charge is -2.24. The first kappa shape index (κ1) is 16.7. The number of rotatable bonds is 7. The molecular weight excluding hydrogens is 316 g/mol. The normalized spacial score (nSPS) is 13.2. The highest BCUT2D eigenvalue weighted by Crippen LogP contribution is 2.33. The molecule has 0 saturated heterocycles. The number of carbonyl (C=O) groups excluding carboxylic acids is 1. The van der Waals surface area contributed by atoms with Crippen molar-refractivity contribution in [3.8, 4) is 11.4 Å². The van der Waals surface area contributed by atoms with E-state index in [4.69, 9.17) is 10.5 Å². The molecule has 3 N–H and O–H groups in total. The number of benzene rings is 1. The Labute approximate surface area is 146 Å². The van der Waals surface area contributed by atoms with Gasteiger partial charge in [-0.05, 0) is 29.7 Å². The molecule has 6 nitrogen and oxygen atoms in total. The van der Waals surface area contributed by atoms with Crippen LogP contribution in [0.1, 0.15) is 30.4 Å². The first-order valence-corrected chi connectivity index (χ1v) is 8.14. The molecule has 2 aromatic heterocycles. The van der Waals surface area contributed by atoms with Gasteiger partial charge in [0.05, 0.1) is 11.4 Å². The number of ether oxygens (including phenoxy) is 1. The zero-order chi connectivity index (χ0) is 17.6. The standard InChI is InChI=1S/C19H20N4O2/c1-2-17(25-12-24)18(13-6-4-3-5-7-13)14-10-16(22-11-14)15-8-9-21-19(20)23-15/h3-12,17-18,22H,2H2,1H3,(H2,20,21,23). The fourth-order valence-electron chi connectivity index (χ4n) is 3.03. The van der Waals surface area contributed by atoms with Gasteiger partial charge in [-0.25, -0.2) is 9.97 Å². The van der Waals surface area contributed by atoms with Crippen molar-refractivity contribution in [3.05, 3.63) is 66.0 Å². The van der Waals surface area contributed by atoms with Crippen LogP contribution in [-0.4, -0.2) is 27.5 Å². The second kappa shape index (κ2) is 7.61. The number of aromatic nitrogens is 3. The smallest absolute Gasteiger partial charge is 0.293 e. The third kappa shape index (κ3) is 3.68. The van der Waals surface area contributed by atoms with Gasteiger partial charge >= 0.3 is 0 Å². The van der Waals surface area contributed by atoms with Crippen molar-refractivity contribution in [2.45, 2.75) is 25.4 Å². The van der Waals surface area contributed by atoms with Gasteiger partial charge in [-0.1, -0.05) is 37.3 Å². The summed E-state index contributed by atoms with van der Waals surface area (Å²) in [6.45, 7) is 2.52. The Morgan fingerprint density at radius 2 is 2.04 bits per heavy atom. The molecule has 0 saturated carbocycles. The van der Waals surface area contributed by atoms with Gasteiger partial charge in [0.1, 0.15) is 6.10 Å². The van der Waals surface area contributed by atoms with Crippen LogP contribution in [0.25, 0.3) is 11.4 Å². The lowest BCUT2D eigenvalue weighted by molar-refractivity contribution is -0.134. The number of nitrogens with one attached hydrogen (secondary N) is 1. The van der Waals surface area contributed by atoms with Gasteiger partial charge in [-0.2, -0.15) is 0 Å². The van der Waals surface area contributed by atoms with Gasteiger partial charge in [0.2, 0.25) is 5.95 Å². The molecule has 25 heavy (non-hydrogen) atoms. The molecule has 0 bridgehead atoms. The van der Waals surface area contributed by atoms with E-state index in [1.54, 1.807) is 12.3 Å². The molecular formula is C19H20N4O2. The molecule has 6 heteroatoms. The fourth-order valence-corrected chi connectivity index (χ4v) is 3.03. The first-order valence-electron chi connectivity index (χ1n) is 8.14. The molecule has 2 atom stereocenters. The van der Waals surface area contributed by atoms with Crippen molar-refractivity contribution in [2.24, 2.45) is 0 Å². The quantitative estimate of drug-likeness (QED) is 0.646. The SMILES string of the molecule is CCC(OC=O)C(c1ccccc1)c1c[nH]c(-c2ccnc(N)n2)c1. The summed E-state index contributed by atoms with van der Waals surface area (Å²) in [6, 6.07) is 13.8. The summed E-state index contributed by atoms with van der Waals surface area (Å²) in [6.07, 6.45) is 4.00. The molecule has 0 amide bonds. The zero-order valence-corrected chi connectivity index (χ0v) is 13.9. The van der Waals surface area contributed by atoms with Crippen LogP contribution in [0.2, 0.25) is 0 Å². The highest BCUT2D eigenvalue weighted by Gasteiger charge is 2.26. The molecule has 128 valence electrons. The lowest BCUT2D eigenvalue weighted by atomic mass is 9.86. The van der Waals surface area contributed by atoms with Gasteiger partial charge in [0.25, 0.3) is 6.47 Å². The summed E-state index contributed by atoms with van der Waals surface area (Å²) in [7, 11) is 0. The summed E-state index contributed by atoms with van der Waals surface area (Å²) in [5, 5.41) is 0. The molecule has 2 heterocycles. The van der Waals surface area contributed by atoms with Gasteiger partial charge in [-0.3, -0.25) is 4.79 Å². The third-order valence-electron chi connectivity index (χ3n) is 4.18. The number of anilines is 1. The van der Waals surface area contributed by atoms with E-state index < -0.39 is 0 Å². The molecule has 2 unspecified atom stereocenters. The van der Waals surface area contributed by atoms with Gasteiger partial charge in [-0.15, -0.1) is 0 Å². The average Bonchev–Trinajstić information content (AvgIpc) is 3.12. The minimum Gasteiger partial charge on any atom is -0.464 e. The Morgan fingerprint density at radius 3 is 2.72 bits per heavy atom. The van der Waals surface area contributed by atoms with E-state index in [2.05, 4.69) is 15.0 Å². The Hall–Kier alpha value is -3.15. The van der Waals surface area contributed by atoms with E-state index in [0.29, 0.717) is 12.9 Å². The number of aromatic amines is 1. The number of hydrogen-bond acceptors (Lipinski definition) is 5. The van der Waals surface area contributed by atoms with Crippen LogP contribution in [0.4, 0.5) is 5.95 Å². The number of nitrogen functional groups attached to an aromatic ring is 1. The summed E-state index contributed by atoms with van der Waals surface area (Å²) >= 11 is 0. The largest absolute Gasteiger partial charge is 0.464 e. The third-order valence-corrected chi connectivity index (χ3v) is 4.18. The van der Waals surface area contributed by atoms with Crippen LogP contribution in [0.15, 0.2) is 54.9 Å². The maximum absolute atomic E-state index is 10.9. The number of nitrogens with zero attached hydrogens (tertiary/aromatic N) is 2.